The molecule has 1 atom stereocenters. The minimum atomic E-state index is 0.146. The molecule has 1 unspecified atom stereocenters. The van der Waals surface area contributed by atoms with Crippen molar-refractivity contribution in [3.05, 3.63) is 0 Å². The van der Waals surface area contributed by atoms with Crippen LogP contribution in [0.4, 0.5) is 0 Å². The second-order valence-corrected chi connectivity index (χ2v) is 2.92. The molecule has 1 aliphatic heterocycles. The number of hydrogen-bond donors (Lipinski definition) is 0. The van der Waals surface area contributed by atoms with Crippen LogP contribution in [0.1, 0.15) is 26.2 Å². The van der Waals surface area contributed by atoms with Gasteiger partial charge in [0.15, 0.2) is 0 Å². The van der Waals surface area contributed by atoms with Crippen molar-refractivity contribution >= 4 is 0 Å². The fraction of sp³-hybridized carbons (Fsp3) is 1.00. The second kappa shape index (κ2) is 4.70. The summed E-state index contributed by atoms with van der Waals surface area (Å²) < 4.78 is 5.18. The van der Waals surface area contributed by atoms with E-state index in [1.54, 1.807) is 7.11 Å². The summed E-state index contributed by atoms with van der Waals surface area (Å²) in [5.41, 5.74) is 4.40. The van der Waals surface area contributed by atoms with Crippen LogP contribution in [-0.4, -0.2) is 31.4 Å². The number of hydrogen-bond acceptors (Lipinski definition) is 2. The SMILES string of the molecule is COC(C)N1CCCCC[N]1. The molecule has 1 heterocycles. The first-order valence-corrected chi connectivity index (χ1v) is 4.31. The van der Waals surface area contributed by atoms with E-state index in [1.165, 1.54) is 19.3 Å². The second-order valence-electron chi connectivity index (χ2n) is 2.92. The summed E-state index contributed by atoms with van der Waals surface area (Å²) in [6.45, 7) is 4.05. The van der Waals surface area contributed by atoms with Crippen LogP contribution in [0.25, 0.3) is 0 Å². The Labute approximate surface area is 68.7 Å². The Morgan fingerprint density at radius 2 is 2.18 bits per heavy atom. The molecule has 0 amide bonds. The first-order valence-electron chi connectivity index (χ1n) is 4.31. The summed E-state index contributed by atoms with van der Waals surface area (Å²) in [5, 5.41) is 2.05. The zero-order valence-electron chi connectivity index (χ0n) is 7.42. The highest BCUT2D eigenvalue weighted by Crippen LogP contribution is 2.06. The molecule has 0 aromatic carbocycles. The van der Waals surface area contributed by atoms with E-state index in [1.807, 2.05) is 11.9 Å². The van der Waals surface area contributed by atoms with Crippen molar-refractivity contribution in [1.29, 1.82) is 0 Å². The molecule has 0 N–H and O–H groups in total. The quantitative estimate of drug-likeness (QED) is 0.597. The van der Waals surface area contributed by atoms with Gasteiger partial charge >= 0.3 is 0 Å². The number of rotatable bonds is 2. The predicted molar refractivity (Wildman–Crippen MR) is 44.0 cm³/mol. The summed E-state index contributed by atoms with van der Waals surface area (Å²) in [6.07, 6.45) is 3.92. The van der Waals surface area contributed by atoms with Crippen molar-refractivity contribution < 1.29 is 4.74 Å². The van der Waals surface area contributed by atoms with E-state index in [-0.39, 0.29) is 6.23 Å². The van der Waals surface area contributed by atoms with E-state index in [9.17, 15) is 0 Å². The van der Waals surface area contributed by atoms with Crippen LogP contribution >= 0.6 is 0 Å². The Balaban J connectivity index is 2.30. The van der Waals surface area contributed by atoms with Crippen LogP contribution in [0.3, 0.4) is 0 Å². The maximum absolute atomic E-state index is 5.18. The van der Waals surface area contributed by atoms with Crippen molar-refractivity contribution in [2.24, 2.45) is 0 Å². The van der Waals surface area contributed by atoms with Crippen LogP contribution in [0.5, 0.6) is 0 Å². The standard InChI is InChI=1S/C8H17N2O/c1-8(11-2)10-7-5-3-4-6-9-10/h8H,3-7H2,1-2H3. The molecule has 1 aliphatic rings. The molecule has 0 bridgehead atoms. The third-order valence-electron chi connectivity index (χ3n) is 2.09. The zero-order valence-corrected chi connectivity index (χ0v) is 7.42. The van der Waals surface area contributed by atoms with Gasteiger partial charge in [0.1, 0.15) is 6.23 Å². The molecule has 65 valence electrons. The van der Waals surface area contributed by atoms with E-state index in [2.05, 4.69) is 5.43 Å². The molecular formula is C8H17N2O. The van der Waals surface area contributed by atoms with Gasteiger partial charge in [-0.05, 0) is 19.8 Å². The van der Waals surface area contributed by atoms with Crippen LogP contribution in [-0.2, 0) is 4.74 Å². The number of ether oxygens (including phenoxy) is 1. The van der Waals surface area contributed by atoms with E-state index in [4.69, 9.17) is 4.74 Å². The molecule has 1 rings (SSSR count). The van der Waals surface area contributed by atoms with Gasteiger partial charge in [-0.2, -0.15) is 10.4 Å². The van der Waals surface area contributed by atoms with E-state index >= 15 is 0 Å². The van der Waals surface area contributed by atoms with Gasteiger partial charge in [0.05, 0.1) is 0 Å². The van der Waals surface area contributed by atoms with Gasteiger partial charge in [-0.15, -0.1) is 0 Å². The highest BCUT2D eigenvalue weighted by Gasteiger charge is 2.14. The largest absolute Gasteiger partial charge is 0.365 e. The Morgan fingerprint density at radius 3 is 2.91 bits per heavy atom. The lowest BCUT2D eigenvalue weighted by atomic mass is 10.2. The lowest BCUT2D eigenvalue weighted by Gasteiger charge is -2.24. The van der Waals surface area contributed by atoms with Crippen molar-refractivity contribution in [3.8, 4) is 0 Å². The Morgan fingerprint density at radius 1 is 1.36 bits per heavy atom. The fourth-order valence-corrected chi connectivity index (χ4v) is 1.25. The number of methoxy groups -OCH3 is 1. The Kier molecular flexibility index (Phi) is 3.83. The molecule has 0 aromatic heterocycles. The molecular weight excluding hydrogens is 140 g/mol. The zero-order chi connectivity index (χ0) is 8.10. The minimum Gasteiger partial charge on any atom is -0.365 e. The first-order chi connectivity index (χ1) is 5.34. The van der Waals surface area contributed by atoms with Gasteiger partial charge in [0.25, 0.3) is 0 Å². The van der Waals surface area contributed by atoms with E-state index in [0.717, 1.165) is 13.1 Å². The molecule has 1 fully saturated rings. The summed E-state index contributed by atoms with van der Waals surface area (Å²) in [5.74, 6) is 0. The molecule has 0 aromatic rings. The Bertz CT molecular complexity index is 100. The minimum absolute atomic E-state index is 0.146. The molecule has 1 saturated heterocycles. The molecule has 11 heavy (non-hydrogen) atoms. The lowest BCUT2D eigenvalue weighted by molar-refractivity contribution is -0.0489. The third kappa shape index (κ3) is 2.77. The fourth-order valence-electron chi connectivity index (χ4n) is 1.25. The van der Waals surface area contributed by atoms with Gasteiger partial charge < -0.3 is 4.74 Å². The van der Waals surface area contributed by atoms with Crippen LogP contribution in [0.2, 0.25) is 0 Å². The van der Waals surface area contributed by atoms with Gasteiger partial charge in [-0.3, -0.25) is 0 Å². The van der Waals surface area contributed by atoms with Gasteiger partial charge in [-0.1, -0.05) is 6.42 Å². The molecule has 0 spiro atoms. The van der Waals surface area contributed by atoms with E-state index < -0.39 is 0 Å². The van der Waals surface area contributed by atoms with Gasteiger partial charge in [0.2, 0.25) is 0 Å². The maximum Gasteiger partial charge on any atom is 0.121 e. The van der Waals surface area contributed by atoms with Crippen LogP contribution in [0.15, 0.2) is 0 Å². The van der Waals surface area contributed by atoms with Crippen molar-refractivity contribution in [1.82, 2.24) is 10.4 Å². The molecule has 3 heteroatoms. The van der Waals surface area contributed by atoms with Crippen molar-refractivity contribution in [3.63, 3.8) is 0 Å². The highest BCUT2D eigenvalue weighted by atomic mass is 16.5. The summed E-state index contributed by atoms with van der Waals surface area (Å²) in [6, 6.07) is 0. The summed E-state index contributed by atoms with van der Waals surface area (Å²) >= 11 is 0. The normalized spacial score (nSPS) is 24.5. The van der Waals surface area contributed by atoms with Crippen LogP contribution in [0, 0.1) is 0 Å². The molecule has 0 aliphatic carbocycles. The van der Waals surface area contributed by atoms with E-state index in [0.29, 0.717) is 0 Å². The molecule has 1 radical (unpaired) electrons. The topological polar surface area (TPSA) is 26.6 Å². The van der Waals surface area contributed by atoms with Gasteiger partial charge in [-0.25, -0.2) is 0 Å². The summed E-state index contributed by atoms with van der Waals surface area (Å²) in [4.78, 5) is 0. The monoisotopic (exact) mass is 157 g/mol. The molecule has 0 saturated carbocycles. The van der Waals surface area contributed by atoms with Crippen molar-refractivity contribution in [2.75, 3.05) is 20.2 Å². The Hall–Kier alpha value is -0.120. The van der Waals surface area contributed by atoms with Crippen LogP contribution < -0.4 is 5.43 Å². The molecule has 3 nitrogen and oxygen atoms in total. The number of nitrogens with zero attached hydrogens (tertiary/aromatic N) is 2. The average molecular weight is 157 g/mol. The summed E-state index contributed by atoms with van der Waals surface area (Å²) in [7, 11) is 1.73. The smallest absolute Gasteiger partial charge is 0.121 e. The highest BCUT2D eigenvalue weighted by molar-refractivity contribution is 4.59. The average Bonchev–Trinajstić information content (AvgIpc) is 2.30. The first kappa shape index (κ1) is 8.97. The lowest BCUT2D eigenvalue weighted by Crippen LogP contribution is -2.40. The third-order valence-corrected chi connectivity index (χ3v) is 2.09. The van der Waals surface area contributed by atoms with Crippen molar-refractivity contribution in [2.45, 2.75) is 32.4 Å². The predicted octanol–water partition coefficient (Wildman–Crippen LogP) is 0.984. The van der Waals surface area contributed by atoms with Gasteiger partial charge in [0, 0.05) is 20.2 Å². The maximum atomic E-state index is 5.18.